The van der Waals surface area contributed by atoms with Gasteiger partial charge in [-0.25, -0.2) is 9.97 Å². The third kappa shape index (κ3) is 3.65. The van der Waals surface area contributed by atoms with E-state index in [1.807, 2.05) is 19.9 Å². The van der Waals surface area contributed by atoms with Gasteiger partial charge in [-0.1, -0.05) is 6.92 Å². The van der Waals surface area contributed by atoms with Crippen LogP contribution in [0.5, 0.6) is 0 Å². The van der Waals surface area contributed by atoms with Gasteiger partial charge in [0.05, 0.1) is 6.07 Å². The molecule has 1 saturated heterocycles. The predicted molar refractivity (Wildman–Crippen MR) is 78.4 cm³/mol. The Kier molecular flexibility index (Phi) is 4.88. The van der Waals surface area contributed by atoms with Gasteiger partial charge in [0.2, 0.25) is 5.95 Å². The number of nitrogens with zero attached hydrogens (tertiary/aromatic N) is 5. The van der Waals surface area contributed by atoms with E-state index in [-0.39, 0.29) is 0 Å². The molecule has 0 saturated carbocycles. The molecule has 1 atom stereocenters. The maximum absolute atomic E-state index is 9.31. The summed E-state index contributed by atoms with van der Waals surface area (Å²) in [4.78, 5) is 13.1. The van der Waals surface area contributed by atoms with Crippen molar-refractivity contribution in [2.24, 2.45) is 0 Å². The van der Waals surface area contributed by atoms with Gasteiger partial charge in [-0.15, -0.1) is 0 Å². The lowest BCUT2D eigenvalue weighted by Gasteiger charge is -2.38. The summed E-state index contributed by atoms with van der Waals surface area (Å²) in [6.45, 7) is 9.21. The zero-order chi connectivity index (χ0) is 14.4. The summed E-state index contributed by atoms with van der Waals surface area (Å²) in [5, 5.41) is 12.6. The van der Waals surface area contributed by atoms with Crippen LogP contribution in [0.4, 0.5) is 5.95 Å². The molecule has 0 bridgehead atoms. The topological polar surface area (TPSA) is 68.1 Å². The monoisotopic (exact) mass is 274 g/mol. The van der Waals surface area contributed by atoms with Crippen LogP contribution in [0.1, 0.15) is 13.8 Å². The van der Waals surface area contributed by atoms with Crippen molar-refractivity contribution in [2.75, 3.05) is 44.2 Å². The van der Waals surface area contributed by atoms with Crippen LogP contribution in [0.25, 0.3) is 0 Å². The van der Waals surface area contributed by atoms with Crippen LogP contribution < -0.4 is 10.2 Å². The molecule has 1 aliphatic heterocycles. The summed E-state index contributed by atoms with van der Waals surface area (Å²) in [6, 6.07) is 4.21. The molecule has 1 aromatic rings. The molecule has 20 heavy (non-hydrogen) atoms. The highest BCUT2D eigenvalue weighted by molar-refractivity contribution is 5.29. The molecule has 1 aromatic heterocycles. The van der Waals surface area contributed by atoms with Crippen LogP contribution in [0.2, 0.25) is 0 Å². The fourth-order valence-electron chi connectivity index (χ4n) is 2.53. The van der Waals surface area contributed by atoms with Gasteiger partial charge < -0.3 is 4.90 Å². The molecule has 0 spiro atoms. The zero-order valence-corrected chi connectivity index (χ0v) is 12.2. The third-order valence-electron chi connectivity index (χ3n) is 3.56. The highest BCUT2D eigenvalue weighted by atomic mass is 15.3. The number of nitrogens with one attached hydrogen (secondary N) is 1. The van der Waals surface area contributed by atoms with Crippen molar-refractivity contribution in [3.05, 3.63) is 18.5 Å². The molecule has 0 radical (unpaired) electrons. The van der Waals surface area contributed by atoms with Gasteiger partial charge in [0, 0.05) is 45.1 Å². The fraction of sp³-hybridized carbons (Fsp3) is 0.643. The first-order valence-electron chi connectivity index (χ1n) is 7.07. The number of piperazine rings is 1. The Bertz CT molecular complexity index is 448. The van der Waals surface area contributed by atoms with Crippen LogP contribution in [-0.2, 0) is 0 Å². The molecular formula is C14H22N6. The number of hydrogen-bond acceptors (Lipinski definition) is 6. The van der Waals surface area contributed by atoms with E-state index in [2.05, 4.69) is 31.2 Å². The van der Waals surface area contributed by atoms with Crippen LogP contribution in [-0.4, -0.2) is 59.7 Å². The largest absolute Gasteiger partial charge is 0.338 e. The van der Waals surface area contributed by atoms with E-state index in [1.54, 1.807) is 12.4 Å². The lowest BCUT2D eigenvalue weighted by Crippen LogP contribution is -2.55. The number of anilines is 1. The number of nitriles is 1. The molecule has 0 aromatic carbocycles. The predicted octanol–water partition coefficient (Wildman–Crippen LogP) is 0.490. The molecule has 0 amide bonds. The van der Waals surface area contributed by atoms with E-state index >= 15 is 0 Å². The second-order valence-corrected chi connectivity index (χ2v) is 5.29. The highest BCUT2D eigenvalue weighted by Crippen LogP contribution is 2.12. The summed E-state index contributed by atoms with van der Waals surface area (Å²) >= 11 is 0. The van der Waals surface area contributed by atoms with E-state index in [4.69, 9.17) is 0 Å². The summed E-state index contributed by atoms with van der Waals surface area (Å²) in [7, 11) is 0. The number of likely N-dealkylation sites (N-methyl/N-ethyl adjacent to an activating group) is 1. The van der Waals surface area contributed by atoms with Crippen LogP contribution in [0.3, 0.4) is 0 Å². The van der Waals surface area contributed by atoms with Crippen LogP contribution in [0.15, 0.2) is 18.5 Å². The molecule has 0 aliphatic carbocycles. The lowest BCUT2D eigenvalue weighted by molar-refractivity contribution is 0.209. The molecule has 108 valence electrons. The molecule has 1 N–H and O–H groups in total. The van der Waals surface area contributed by atoms with Crippen LogP contribution >= 0.6 is 0 Å². The van der Waals surface area contributed by atoms with Crippen LogP contribution in [0, 0.1) is 11.3 Å². The number of hydrogen-bond donors (Lipinski definition) is 1. The highest BCUT2D eigenvalue weighted by Gasteiger charge is 2.28. The number of rotatable bonds is 5. The Hall–Kier alpha value is -1.71. The van der Waals surface area contributed by atoms with Crippen molar-refractivity contribution in [1.29, 1.82) is 5.26 Å². The van der Waals surface area contributed by atoms with Gasteiger partial charge in [-0.2, -0.15) is 5.26 Å². The van der Waals surface area contributed by atoms with Gasteiger partial charge in [0.15, 0.2) is 0 Å². The van der Waals surface area contributed by atoms with E-state index in [0.29, 0.717) is 0 Å². The summed E-state index contributed by atoms with van der Waals surface area (Å²) in [5.41, 5.74) is -0.472. The average Bonchev–Trinajstić information content (AvgIpc) is 2.49. The summed E-state index contributed by atoms with van der Waals surface area (Å²) in [5.74, 6) is 0.793. The first-order valence-corrected chi connectivity index (χ1v) is 7.07. The molecule has 1 unspecified atom stereocenters. The Morgan fingerprint density at radius 1 is 1.30 bits per heavy atom. The van der Waals surface area contributed by atoms with E-state index in [9.17, 15) is 5.26 Å². The van der Waals surface area contributed by atoms with Gasteiger partial charge in [0.25, 0.3) is 0 Å². The molecule has 6 heteroatoms. The molecular weight excluding hydrogens is 252 g/mol. The normalized spacial score (nSPS) is 19.4. The van der Waals surface area contributed by atoms with Gasteiger partial charge in [-0.3, -0.25) is 10.2 Å². The van der Waals surface area contributed by atoms with Gasteiger partial charge in [0.1, 0.15) is 5.54 Å². The minimum Gasteiger partial charge on any atom is -0.338 e. The first-order chi connectivity index (χ1) is 9.67. The molecule has 2 rings (SSSR count). The molecule has 6 nitrogen and oxygen atoms in total. The van der Waals surface area contributed by atoms with Crippen molar-refractivity contribution in [2.45, 2.75) is 19.4 Å². The Labute approximate surface area is 120 Å². The second kappa shape index (κ2) is 6.64. The Morgan fingerprint density at radius 2 is 1.95 bits per heavy atom. The SMILES string of the molecule is CCNC(C)(C#N)CN1CCN(c2ncccn2)CC1. The second-order valence-electron chi connectivity index (χ2n) is 5.29. The smallest absolute Gasteiger partial charge is 0.225 e. The summed E-state index contributed by atoms with van der Waals surface area (Å²) < 4.78 is 0. The minimum atomic E-state index is -0.472. The maximum Gasteiger partial charge on any atom is 0.225 e. The average molecular weight is 274 g/mol. The molecule has 2 heterocycles. The minimum absolute atomic E-state index is 0.472. The van der Waals surface area contributed by atoms with Crippen molar-refractivity contribution >= 4 is 5.95 Å². The Balaban J connectivity index is 1.87. The number of aromatic nitrogens is 2. The quantitative estimate of drug-likeness (QED) is 0.843. The maximum atomic E-state index is 9.31. The molecule has 1 fully saturated rings. The van der Waals surface area contributed by atoms with E-state index in [1.165, 1.54) is 0 Å². The van der Waals surface area contributed by atoms with Crippen molar-refractivity contribution < 1.29 is 0 Å². The molecule has 1 aliphatic rings. The lowest BCUT2D eigenvalue weighted by atomic mass is 10.0. The standard InChI is InChI=1S/C14H22N6/c1-3-18-14(2,11-15)12-19-7-9-20(10-8-19)13-16-5-4-6-17-13/h4-6,18H,3,7-10,12H2,1-2H3. The van der Waals surface area contributed by atoms with E-state index in [0.717, 1.165) is 45.2 Å². The van der Waals surface area contributed by atoms with Gasteiger partial charge in [-0.05, 0) is 19.5 Å². The van der Waals surface area contributed by atoms with Gasteiger partial charge >= 0.3 is 0 Å². The third-order valence-corrected chi connectivity index (χ3v) is 3.56. The van der Waals surface area contributed by atoms with Crippen molar-refractivity contribution in [3.63, 3.8) is 0 Å². The zero-order valence-electron chi connectivity index (χ0n) is 12.2. The Morgan fingerprint density at radius 3 is 2.50 bits per heavy atom. The summed E-state index contributed by atoms with van der Waals surface area (Å²) in [6.07, 6.45) is 3.54. The van der Waals surface area contributed by atoms with E-state index < -0.39 is 5.54 Å². The van der Waals surface area contributed by atoms with Crippen molar-refractivity contribution in [1.82, 2.24) is 20.2 Å². The first kappa shape index (κ1) is 14.7. The van der Waals surface area contributed by atoms with Crippen molar-refractivity contribution in [3.8, 4) is 6.07 Å². The fourth-order valence-corrected chi connectivity index (χ4v) is 2.53.